The summed E-state index contributed by atoms with van der Waals surface area (Å²) in [6.07, 6.45) is 1.38. The number of halogens is 1. The van der Waals surface area contributed by atoms with Crippen LogP contribution in [0, 0.1) is 16.7 Å². The van der Waals surface area contributed by atoms with Crippen LogP contribution in [0.5, 0.6) is 0 Å². The number of amides is 2. The van der Waals surface area contributed by atoms with E-state index in [1.54, 1.807) is 67.3 Å². The number of benzene rings is 2. The average Bonchev–Trinajstić information content (AvgIpc) is 2.82. The Morgan fingerprint density at radius 2 is 1.63 bits per heavy atom. The van der Waals surface area contributed by atoms with Crippen molar-refractivity contribution < 1.29 is 19.5 Å². The molecule has 9 heteroatoms. The molecule has 2 amide bonds. The molecule has 1 saturated heterocycles. The van der Waals surface area contributed by atoms with Crippen LogP contribution in [0.4, 0.5) is 0 Å². The number of aliphatic carboxylic acids is 1. The molecule has 1 atom stereocenters. The smallest absolute Gasteiger partial charge is 0.303 e. The van der Waals surface area contributed by atoms with Gasteiger partial charge in [-0.05, 0) is 62.4 Å². The molecule has 5 N–H and O–H groups in total. The zero-order valence-electron chi connectivity index (χ0n) is 19.9. The van der Waals surface area contributed by atoms with Crippen LogP contribution in [-0.2, 0) is 9.59 Å². The number of nitrogens with zero attached hydrogens (tertiary/aromatic N) is 1. The largest absolute Gasteiger partial charge is 0.481 e. The first-order chi connectivity index (χ1) is 16.5. The standard InChI is InChI=1S/C26H31ClN4O4/c1-26(2,25(35)31-13-11-16(12-14-31)15-21(32)33)22(17-7-9-20(27)10-8-17)30-24(34)19-5-3-18(4-6-19)23(28)29/h3-10,16,22H,11-15H2,1-2H3,(H3,28,29)(H,30,34)(H,32,33)/t22-/m1/s1. The Labute approximate surface area is 210 Å². The number of carboxylic acid groups (broad SMARTS) is 1. The molecule has 0 spiro atoms. The molecule has 0 unspecified atom stereocenters. The fourth-order valence-electron chi connectivity index (χ4n) is 4.47. The Bertz CT molecular complexity index is 1090. The van der Waals surface area contributed by atoms with E-state index < -0.39 is 17.4 Å². The van der Waals surface area contributed by atoms with Crippen molar-refractivity contribution in [1.29, 1.82) is 5.41 Å². The third kappa shape index (κ3) is 6.39. The van der Waals surface area contributed by atoms with Crippen LogP contribution in [0.25, 0.3) is 0 Å². The number of carbonyl (C=O) groups is 3. The van der Waals surface area contributed by atoms with E-state index in [0.29, 0.717) is 42.1 Å². The van der Waals surface area contributed by atoms with E-state index in [9.17, 15) is 14.4 Å². The van der Waals surface area contributed by atoms with Crippen LogP contribution in [0.3, 0.4) is 0 Å². The van der Waals surface area contributed by atoms with Gasteiger partial charge in [-0.3, -0.25) is 19.8 Å². The van der Waals surface area contributed by atoms with E-state index >= 15 is 0 Å². The monoisotopic (exact) mass is 498 g/mol. The van der Waals surface area contributed by atoms with Gasteiger partial charge >= 0.3 is 5.97 Å². The number of nitrogens with two attached hydrogens (primary N) is 1. The minimum Gasteiger partial charge on any atom is -0.481 e. The van der Waals surface area contributed by atoms with Crippen molar-refractivity contribution >= 4 is 35.2 Å². The van der Waals surface area contributed by atoms with Crippen LogP contribution < -0.4 is 11.1 Å². The second kappa shape index (κ2) is 10.9. The third-order valence-corrected chi connectivity index (χ3v) is 6.83. The van der Waals surface area contributed by atoms with Gasteiger partial charge in [0.2, 0.25) is 5.91 Å². The second-order valence-electron chi connectivity index (χ2n) is 9.50. The number of nitrogen functional groups attached to an aromatic ring is 1. The molecular formula is C26H31ClN4O4. The van der Waals surface area contributed by atoms with Crippen molar-refractivity contribution in [2.24, 2.45) is 17.1 Å². The molecule has 0 aliphatic carbocycles. The minimum atomic E-state index is -0.998. The van der Waals surface area contributed by atoms with E-state index in [-0.39, 0.29) is 30.0 Å². The highest BCUT2D eigenvalue weighted by Crippen LogP contribution is 2.37. The van der Waals surface area contributed by atoms with E-state index in [0.717, 1.165) is 5.56 Å². The summed E-state index contributed by atoms with van der Waals surface area (Å²) in [4.78, 5) is 39.6. The van der Waals surface area contributed by atoms with E-state index in [1.807, 2.05) is 0 Å². The molecule has 8 nitrogen and oxygen atoms in total. The number of amidine groups is 1. The number of nitrogens with one attached hydrogen (secondary N) is 2. The molecule has 3 rings (SSSR count). The molecule has 1 aliphatic heterocycles. The SMILES string of the molecule is CC(C)(C(=O)N1CCC(CC(=O)O)CC1)[C@H](NC(=O)c1ccc(C(=N)N)cc1)c1ccc(Cl)cc1. The Balaban J connectivity index is 1.83. The van der Waals surface area contributed by atoms with Gasteiger partial charge in [0.25, 0.3) is 5.91 Å². The Hall–Kier alpha value is -3.39. The zero-order valence-corrected chi connectivity index (χ0v) is 20.6. The maximum Gasteiger partial charge on any atom is 0.303 e. The van der Waals surface area contributed by atoms with Crippen LogP contribution in [0.1, 0.15) is 60.6 Å². The van der Waals surface area contributed by atoms with Gasteiger partial charge in [-0.15, -0.1) is 0 Å². The summed E-state index contributed by atoms with van der Waals surface area (Å²) >= 11 is 6.07. The summed E-state index contributed by atoms with van der Waals surface area (Å²) in [5.41, 5.74) is 6.14. The summed E-state index contributed by atoms with van der Waals surface area (Å²) in [5.74, 6) is -1.32. The summed E-state index contributed by atoms with van der Waals surface area (Å²) in [5, 5.41) is 20.2. The molecule has 0 radical (unpaired) electrons. The van der Waals surface area contributed by atoms with Gasteiger partial charge in [-0.25, -0.2) is 0 Å². The molecule has 0 saturated carbocycles. The number of hydrogen-bond acceptors (Lipinski definition) is 4. The van der Waals surface area contributed by atoms with E-state index in [4.69, 9.17) is 27.9 Å². The highest BCUT2D eigenvalue weighted by atomic mass is 35.5. The lowest BCUT2D eigenvalue weighted by Crippen LogP contribution is -2.51. The van der Waals surface area contributed by atoms with Crippen molar-refractivity contribution in [3.05, 3.63) is 70.2 Å². The number of hydrogen-bond donors (Lipinski definition) is 4. The van der Waals surface area contributed by atoms with Crippen molar-refractivity contribution in [2.45, 2.75) is 39.2 Å². The lowest BCUT2D eigenvalue weighted by Gasteiger charge is -2.40. The quantitative estimate of drug-likeness (QED) is 0.324. The van der Waals surface area contributed by atoms with Gasteiger partial charge in [-0.2, -0.15) is 0 Å². The van der Waals surface area contributed by atoms with Gasteiger partial charge in [-0.1, -0.05) is 35.9 Å². The Morgan fingerprint density at radius 1 is 1.09 bits per heavy atom. The minimum absolute atomic E-state index is 0.0596. The normalized spacial score (nSPS) is 15.3. The van der Waals surface area contributed by atoms with Gasteiger partial charge < -0.3 is 21.1 Å². The Morgan fingerprint density at radius 3 is 2.14 bits per heavy atom. The molecule has 1 aliphatic rings. The van der Waals surface area contributed by atoms with Gasteiger partial charge in [0.1, 0.15) is 5.84 Å². The van der Waals surface area contributed by atoms with Crippen molar-refractivity contribution in [3.63, 3.8) is 0 Å². The fraction of sp³-hybridized carbons (Fsp3) is 0.385. The first-order valence-corrected chi connectivity index (χ1v) is 11.9. The van der Waals surface area contributed by atoms with Crippen LogP contribution in [0.15, 0.2) is 48.5 Å². The van der Waals surface area contributed by atoms with Gasteiger partial charge in [0.05, 0.1) is 11.5 Å². The van der Waals surface area contributed by atoms with Crippen LogP contribution >= 0.6 is 11.6 Å². The van der Waals surface area contributed by atoms with Crippen molar-refractivity contribution in [3.8, 4) is 0 Å². The number of carboxylic acids is 1. The second-order valence-corrected chi connectivity index (χ2v) is 9.94. The fourth-order valence-corrected chi connectivity index (χ4v) is 4.60. The molecule has 1 fully saturated rings. The number of piperidine rings is 1. The molecule has 1 heterocycles. The van der Waals surface area contributed by atoms with E-state index in [1.165, 1.54) is 0 Å². The predicted octanol–water partition coefficient (Wildman–Crippen LogP) is 3.83. The molecule has 2 aromatic carbocycles. The first-order valence-electron chi connectivity index (χ1n) is 11.5. The third-order valence-electron chi connectivity index (χ3n) is 6.57. The number of rotatable bonds is 8. The maximum atomic E-state index is 13.7. The van der Waals surface area contributed by atoms with E-state index in [2.05, 4.69) is 5.32 Å². The molecule has 35 heavy (non-hydrogen) atoms. The van der Waals surface area contributed by atoms with Crippen molar-refractivity contribution in [2.75, 3.05) is 13.1 Å². The lowest BCUT2D eigenvalue weighted by atomic mass is 9.78. The van der Waals surface area contributed by atoms with Crippen molar-refractivity contribution in [1.82, 2.24) is 10.2 Å². The molecule has 186 valence electrons. The summed E-state index contributed by atoms with van der Waals surface area (Å²) in [7, 11) is 0. The molecule has 0 bridgehead atoms. The average molecular weight is 499 g/mol. The highest BCUT2D eigenvalue weighted by Gasteiger charge is 2.42. The molecule has 2 aromatic rings. The maximum absolute atomic E-state index is 13.7. The zero-order chi connectivity index (χ0) is 25.8. The molecular weight excluding hydrogens is 468 g/mol. The first kappa shape index (κ1) is 26.2. The van der Waals surface area contributed by atoms with Gasteiger partial charge in [0, 0.05) is 35.7 Å². The summed E-state index contributed by atoms with van der Waals surface area (Å²) < 4.78 is 0. The van der Waals surface area contributed by atoms with Crippen LogP contribution in [-0.4, -0.2) is 46.7 Å². The summed E-state index contributed by atoms with van der Waals surface area (Å²) in [6, 6.07) is 12.8. The van der Waals surface area contributed by atoms with Crippen LogP contribution in [0.2, 0.25) is 5.02 Å². The Kier molecular flexibility index (Phi) is 8.17. The highest BCUT2D eigenvalue weighted by molar-refractivity contribution is 6.30. The number of likely N-dealkylation sites (tertiary alicyclic amines) is 1. The lowest BCUT2D eigenvalue weighted by molar-refractivity contribution is -0.144. The number of carbonyl (C=O) groups excluding carboxylic acids is 2. The topological polar surface area (TPSA) is 137 Å². The predicted molar refractivity (Wildman–Crippen MR) is 134 cm³/mol. The van der Waals surface area contributed by atoms with Gasteiger partial charge in [0.15, 0.2) is 0 Å². The molecule has 0 aromatic heterocycles. The summed E-state index contributed by atoms with van der Waals surface area (Å²) in [6.45, 7) is 4.57.